The molecule has 1 N–H and O–H groups in total. The molecule has 0 radical (unpaired) electrons. The zero-order valence-electron chi connectivity index (χ0n) is 5.86. The molecule has 6 heteroatoms. The summed E-state index contributed by atoms with van der Waals surface area (Å²) >= 11 is 0. The third-order valence-corrected chi connectivity index (χ3v) is 0.729. The summed E-state index contributed by atoms with van der Waals surface area (Å²) in [6.07, 6.45) is -4.33. The predicted molar refractivity (Wildman–Crippen MR) is 30.4 cm³/mol. The van der Waals surface area contributed by atoms with E-state index in [4.69, 9.17) is 0 Å². The number of carbonyl (C=O) groups excluding carboxylic acids is 1. The van der Waals surface area contributed by atoms with Crippen LogP contribution in [0.5, 0.6) is 0 Å². The van der Waals surface area contributed by atoms with Gasteiger partial charge in [-0.2, -0.15) is 13.2 Å². The first-order valence-electron chi connectivity index (χ1n) is 2.97. The van der Waals surface area contributed by atoms with Gasteiger partial charge in [-0.3, -0.25) is 9.63 Å². The lowest BCUT2D eigenvalue weighted by Crippen LogP contribution is -2.36. The number of halogens is 3. The summed E-state index contributed by atoms with van der Waals surface area (Å²) in [6, 6.07) is 0. The first-order chi connectivity index (χ1) is 4.98. The Labute approximate surface area is 61.5 Å². The van der Waals surface area contributed by atoms with Crippen molar-refractivity contribution in [2.24, 2.45) is 0 Å². The van der Waals surface area contributed by atoms with E-state index in [0.717, 1.165) is 0 Å². The van der Waals surface area contributed by atoms with Gasteiger partial charge >= 0.3 is 12.1 Å². The van der Waals surface area contributed by atoms with Crippen LogP contribution in [0.2, 0.25) is 0 Å². The summed E-state index contributed by atoms with van der Waals surface area (Å²) in [5.74, 6) is -2.08. The summed E-state index contributed by atoms with van der Waals surface area (Å²) in [5, 5.41) is 0. The molecule has 0 spiro atoms. The maximum Gasteiger partial charge on any atom is 0.473 e. The fourth-order valence-corrected chi connectivity index (χ4v) is 0.277. The Kier molecular flexibility index (Phi) is 3.88. The molecule has 0 rings (SSSR count). The van der Waals surface area contributed by atoms with E-state index in [1.165, 1.54) is 5.48 Å². The van der Waals surface area contributed by atoms with Gasteiger partial charge in [-0.25, -0.2) is 5.48 Å². The van der Waals surface area contributed by atoms with Crippen molar-refractivity contribution in [3.05, 3.63) is 0 Å². The van der Waals surface area contributed by atoms with Gasteiger partial charge in [0.1, 0.15) is 0 Å². The summed E-state index contributed by atoms with van der Waals surface area (Å²) in [4.78, 5) is 14.1. The van der Waals surface area contributed by atoms with Gasteiger partial charge in [-0.1, -0.05) is 6.92 Å². The summed E-state index contributed by atoms with van der Waals surface area (Å²) in [6.45, 7) is 1.78. The van der Waals surface area contributed by atoms with Crippen LogP contribution in [-0.4, -0.2) is 18.7 Å². The molecule has 0 atom stereocenters. The Bertz CT molecular complexity index is 134. The van der Waals surface area contributed by atoms with E-state index in [-0.39, 0.29) is 6.61 Å². The van der Waals surface area contributed by atoms with E-state index < -0.39 is 12.1 Å². The van der Waals surface area contributed by atoms with Crippen LogP contribution in [0.25, 0.3) is 0 Å². The molecule has 0 aromatic carbocycles. The number of hydrogen-bond donors (Lipinski definition) is 1. The van der Waals surface area contributed by atoms with Gasteiger partial charge in [-0.05, 0) is 6.42 Å². The van der Waals surface area contributed by atoms with Crippen LogP contribution in [0.4, 0.5) is 13.2 Å². The molecule has 0 saturated carbocycles. The third kappa shape index (κ3) is 4.60. The second-order valence-corrected chi connectivity index (χ2v) is 1.78. The standard InChI is InChI=1S/C5H8F3NO2/c1-2-3-11-9-4(10)5(6,7)8/h2-3H2,1H3,(H,9,10). The minimum absolute atomic E-state index is 0.0713. The third-order valence-electron chi connectivity index (χ3n) is 0.729. The second kappa shape index (κ2) is 4.17. The molecule has 0 aliphatic heterocycles. The van der Waals surface area contributed by atoms with Crippen LogP contribution >= 0.6 is 0 Å². The first-order valence-corrected chi connectivity index (χ1v) is 2.97. The molecule has 11 heavy (non-hydrogen) atoms. The number of amides is 1. The van der Waals surface area contributed by atoms with Crippen molar-refractivity contribution >= 4 is 5.91 Å². The van der Waals surface area contributed by atoms with Gasteiger partial charge in [0.15, 0.2) is 0 Å². The molecule has 1 amide bonds. The number of hydroxylamine groups is 1. The van der Waals surface area contributed by atoms with Gasteiger partial charge in [0.05, 0.1) is 6.61 Å². The first kappa shape index (κ1) is 10.2. The van der Waals surface area contributed by atoms with Crippen molar-refractivity contribution in [2.45, 2.75) is 19.5 Å². The van der Waals surface area contributed by atoms with Gasteiger partial charge in [0, 0.05) is 0 Å². The minimum Gasteiger partial charge on any atom is -0.273 e. The van der Waals surface area contributed by atoms with Crippen molar-refractivity contribution < 1.29 is 22.8 Å². The van der Waals surface area contributed by atoms with Crippen molar-refractivity contribution in [1.82, 2.24) is 5.48 Å². The molecule has 0 aromatic rings. The Balaban J connectivity index is 3.54. The fourth-order valence-electron chi connectivity index (χ4n) is 0.277. The number of hydrogen-bond acceptors (Lipinski definition) is 2. The molecule has 0 aliphatic rings. The van der Waals surface area contributed by atoms with Crippen LogP contribution in [0.3, 0.4) is 0 Å². The average molecular weight is 171 g/mol. The zero-order chi connectivity index (χ0) is 8.91. The smallest absolute Gasteiger partial charge is 0.273 e. The van der Waals surface area contributed by atoms with Gasteiger partial charge in [0.25, 0.3) is 0 Å². The highest BCUT2D eigenvalue weighted by Gasteiger charge is 2.38. The highest BCUT2D eigenvalue weighted by molar-refractivity contribution is 5.80. The Morgan fingerprint density at radius 2 is 2.09 bits per heavy atom. The van der Waals surface area contributed by atoms with Crippen LogP contribution in [0, 0.1) is 0 Å². The topological polar surface area (TPSA) is 38.3 Å². The largest absolute Gasteiger partial charge is 0.473 e. The predicted octanol–water partition coefficient (Wildman–Crippen LogP) is 1.01. The molecule has 0 saturated heterocycles. The number of rotatable bonds is 3. The molecule has 0 unspecified atom stereocenters. The Hall–Kier alpha value is -0.780. The van der Waals surface area contributed by atoms with E-state index in [2.05, 4.69) is 4.84 Å². The van der Waals surface area contributed by atoms with Crippen LogP contribution < -0.4 is 5.48 Å². The minimum atomic E-state index is -4.87. The lowest BCUT2D eigenvalue weighted by atomic mass is 10.5. The van der Waals surface area contributed by atoms with Gasteiger partial charge in [0.2, 0.25) is 0 Å². The Morgan fingerprint density at radius 3 is 2.45 bits per heavy atom. The molecular weight excluding hydrogens is 163 g/mol. The van der Waals surface area contributed by atoms with E-state index in [1.807, 2.05) is 0 Å². The number of carbonyl (C=O) groups is 1. The zero-order valence-corrected chi connectivity index (χ0v) is 5.86. The summed E-state index contributed by atoms with van der Waals surface area (Å²) < 4.78 is 34.2. The highest BCUT2D eigenvalue weighted by atomic mass is 19.4. The normalized spacial score (nSPS) is 11.3. The molecule has 0 bridgehead atoms. The van der Waals surface area contributed by atoms with Crippen molar-refractivity contribution in [3.8, 4) is 0 Å². The molecule has 0 fully saturated rings. The van der Waals surface area contributed by atoms with E-state index in [9.17, 15) is 18.0 Å². The monoisotopic (exact) mass is 171 g/mol. The number of nitrogens with one attached hydrogen (secondary N) is 1. The van der Waals surface area contributed by atoms with E-state index >= 15 is 0 Å². The fraction of sp³-hybridized carbons (Fsp3) is 0.800. The van der Waals surface area contributed by atoms with Crippen LogP contribution in [0.15, 0.2) is 0 Å². The maximum atomic E-state index is 11.4. The molecule has 0 aliphatic carbocycles. The van der Waals surface area contributed by atoms with Crippen molar-refractivity contribution in [1.29, 1.82) is 0 Å². The summed E-state index contributed by atoms with van der Waals surface area (Å²) in [5.41, 5.74) is 1.26. The molecule has 3 nitrogen and oxygen atoms in total. The molecule has 66 valence electrons. The maximum absolute atomic E-state index is 11.4. The van der Waals surface area contributed by atoms with E-state index in [0.29, 0.717) is 6.42 Å². The Morgan fingerprint density at radius 1 is 1.55 bits per heavy atom. The van der Waals surface area contributed by atoms with Crippen LogP contribution in [-0.2, 0) is 9.63 Å². The van der Waals surface area contributed by atoms with Gasteiger partial charge in [-0.15, -0.1) is 0 Å². The molecule has 0 aromatic heterocycles. The van der Waals surface area contributed by atoms with Crippen LogP contribution in [0.1, 0.15) is 13.3 Å². The van der Waals surface area contributed by atoms with Gasteiger partial charge < -0.3 is 0 Å². The molecular formula is C5H8F3NO2. The summed E-state index contributed by atoms with van der Waals surface area (Å²) in [7, 11) is 0. The number of alkyl halides is 3. The SMILES string of the molecule is CCCONC(=O)C(F)(F)F. The lowest BCUT2D eigenvalue weighted by molar-refractivity contribution is -0.185. The second-order valence-electron chi connectivity index (χ2n) is 1.78. The van der Waals surface area contributed by atoms with Crippen molar-refractivity contribution in [3.63, 3.8) is 0 Å². The highest BCUT2D eigenvalue weighted by Crippen LogP contribution is 2.13. The lowest BCUT2D eigenvalue weighted by Gasteiger charge is -2.06. The van der Waals surface area contributed by atoms with Crippen molar-refractivity contribution in [2.75, 3.05) is 6.61 Å². The molecule has 0 heterocycles. The van der Waals surface area contributed by atoms with E-state index in [1.54, 1.807) is 6.92 Å². The average Bonchev–Trinajstić information content (AvgIpc) is 1.86. The quantitative estimate of drug-likeness (QED) is 0.508.